The first-order chi connectivity index (χ1) is 12.0. The van der Waals surface area contributed by atoms with Crippen molar-refractivity contribution in [3.05, 3.63) is 59.7 Å². The fourth-order valence-corrected chi connectivity index (χ4v) is 3.51. The number of unbranched alkanes of at least 4 members (excludes halogenated alkanes) is 1. The highest BCUT2D eigenvalue weighted by Crippen LogP contribution is 2.18. The molecule has 1 amide bonds. The van der Waals surface area contributed by atoms with E-state index in [1.165, 1.54) is 17.7 Å². The average Bonchev–Trinajstić information content (AvgIpc) is 2.61. The van der Waals surface area contributed by atoms with E-state index in [0.29, 0.717) is 17.8 Å². The van der Waals surface area contributed by atoms with E-state index < -0.39 is 10.0 Å². The number of carbonyl (C=O) groups excluding carboxylic acids is 1. The monoisotopic (exact) mass is 360 g/mol. The molecule has 6 heteroatoms. The minimum absolute atomic E-state index is 0.0614. The zero-order chi connectivity index (χ0) is 18.3. The normalized spacial score (nSPS) is 11.1. The lowest BCUT2D eigenvalue weighted by Crippen LogP contribution is -2.23. The molecule has 0 radical (unpaired) electrons. The molecular formula is C19H24N2O3S. The lowest BCUT2D eigenvalue weighted by Gasteiger charge is -2.10. The van der Waals surface area contributed by atoms with Gasteiger partial charge < -0.3 is 5.32 Å². The van der Waals surface area contributed by atoms with Crippen molar-refractivity contribution in [2.24, 2.45) is 0 Å². The van der Waals surface area contributed by atoms with Crippen molar-refractivity contribution in [3.63, 3.8) is 0 Å². The largest absolute Gasteiger partial charge is 0.352 e. The van der Waals surface area contributed by atoms with E-state index in [9.17, 15) is 13.2 Å². The maximum atomic E-state index is 12.5. The standard InChI is InChI=1S/C19H24N2O3S/c1-3-5-7-15-10-12-17(13-11-15)21-25(23,24)18-9-6-8-16(14-18)19(22)20-4-2/h6,8-14,21H,3-5,7H2,1-2H3,(H,20,22). The van der Waals surface area contributed by atoms with Gasteiger partial charge in [-0.3, -0.25) is 9.52 Å². The highest BCUT2D eigenvalue weighted by atomic mass is 32.2. The first kappa shape index (κ1) is 19.0. The molecule has 134 valence electrons. The maximum absolute atomic E-state index is 12.5. The van der Waals surface area contributed by atoms with E-state index in [0.717, 1.165) is 19.3 Å². The first-order valence-corrected chi connectivity index (χ1v) is 9.94. The van der Waals surface area contributed by atoms with Crippen LogP contribution in [0.25, 0.3) is 0 Å². The number of aryl methyl sites for hydroxylation is 1. The van der Waals surface area contributed by atoms with Crippen molar-refractivity contribution in [1.29, 1.82) is 0 Å². The van der Waals surface area contributed by atoms with E-state index in [1.807, 2.05) is 19.1 Å². The summed E-state index contributed by atoms with van der Waals surface area (Å²) in [5.41, 5.74) is 2.01. The molecule has 0 saturated heterocycles. The summed E-state index contributed by atoms with van der Waals surface area (Å²) in [6.07, 6.45) is 3.21. The van der Waals surface area contributed by atoms with Gasteiger partial charge in [-0.1, -0.05) is 31.5 Å². The minimum atomic E-state index is -3.74. The summed E-state index contributed by atoms with van der Waals surface area (Å²) in [7, 11) is -3.74. The van der Waals surface area contributed by atoms with Crippen LogP contribution in [0.1, 0.15) is 42.6 Å². The summed E-state index contributed by atoms with van der Waals surface area (Å²) >= 11 is 0. The second-order valence-electron chi connectivity index (χ2n) is 5.79. The number of rotatable bonds is 8. The Morgan fingerprint density at radius 1 is 1.04 bits per heavy atom. The number of carbonyl (C=O) groups is 1. The molecule has 0 fully saturated rings. The molecule has 2 N–H and O–H groups in total. The Kier molecular flexibility index (Phi) is 6.58. The van der Waals surface area contributed by atoms with Crippen LogP contribution in [0.15, 0.2) is 53.4 Å². The lowest BCUT2D eigenvalue weighted by atomic mass is 10.1. The van der Waals surface area contributed by atoms with Gasteiger partial charge in [-0.25, -0.2) is 8.42 Å². The van der Waals surface area contributed by atoms with Crippen LogP contribution in [0.3, 0.4) is 0 Å². The molecule has 0 aliphatic rings. The Balaban J connectivity index is 2.16. The summed E-state index contributed by atoms with van der Waals surface area (Å²) < 4.78 is 27.7. The van der Waals surface area contributed by atoms with Crippen LogP contribution in [0, 0.1) is 0 Å². The predicted molar refractivity (Wildman–Crippen MR) is 100 cm³/mol. The fourth-order valence-electron chi connectivity index (χ4n) is 2.40. The number of nitrogens with one attached hydrogen (secondary N) is 2. The summed E-state index contributed by atoms with van der Waals surface area (Å²) in [5.74, 6) is -0.292. The van der Waals surface area contributed by atoms with Crippen LogP contribution in [0.5, 0.6) is 0 Å². The molecule has 0 unspecified atom stereocenters. The van der Waals surface area contributed by atoms with E-state index >= 15 is 0 Å². The molecule has 0 aromatic heterocycles. The Morgan fingerprint density at radius 2 is 1.76 bits per heavy atom. The van der Waals surface area contributed by atoms with Gasteiger partial charge in [-0.05, 0) is 55.7 Å². The number of benzene rings is 2. The van der Waals surface area contributed by atoms with E-state index in [4.69, 9.17) is 0 Å². The van der Waals surface area contributed by atoms with Crippen molar-refractivity contribution in [2.75, 3.05) is 11.3 Å². The van der Waals surface area contributed by atoms with Crippen LogP contribution in [0.4, 0.5) is 5.69 Å². The van der Waals surface area contributed by atoms with E-state index in [1.54, 1.807) is 24.3 Å². The van der Waals surface area contributed by atoms with Crippen LogP contribution < -0.4 is 10.0 Å². The lowest BCUT2D eigenvalue weighted by molar-refractivity contribution is 0.0955. The molecule has 0 heterocycles. The van der Waals surface area contributed by atoms with Crippen molar-refractivity contribution >= 4 is 21.6 Å². The molecule has 25 heavy (non-hydrogen) atoms. The molecule has 2 rings (SSSR count). The third-order valence-corrected chi connectivity index (χ3v) is 5.15. The highest BCUT2D eigenvalue weighted by molar-refractivity contribution is 7.92. The van der Waals surface area contributed by atoms with Gasteiger partial charge in [0.25, 0.3) is 15.9 Å². The van der Waals surface area contributed by atoms with Crippen molar-refractivity contribution < 1.29 is 13.2 Å². The number of hydrogen-bond acceptors (Lipinski definition) is 3. The Bertz CT molecular complexity index is 815. The van der Waals surface area contributed by atoms with Gasteiger partial charge >= 0.3 is 0 Å². The maximum Gasteiger partial charge on any atom is 0.261 e. The van der Waals surface area contributed by atoms with Gasteiger partial charge in [0.1, 0.15) is 0 Å². The molecule has 5 nitrogen and oxygen atoms in total. The molecule has 2 aromatic rings. The average molecular weight is 360 g/mol. The second kappa shape index (κ2) is 8.67. The second-order valence-corrected chi connectivity index (χ2v) is 7.48. The Morgan fingerprint density at radius 3 is 2.40 bits per heavy atom. The van der Waals surface area contributed by atoms with Crippen LogP contribution in [-0.2, 0) is 16.4 Å². The summed E-state index contributed by atoms with van der Waals surface area (Å²) in [4.78, 5) is 11.9. The highest BCUT2D eigenvalue weighted by Gasteiger charge is 2.16. The zero-order valence-electron chi connectivity index (χ0n) is 14.6. The molecule has 0 spiro atoms. The quantitative estimate of drug-likeness (QED) is 0.755. The minimum Gasteiger partial charge on any atom is -0.352 e. The number of anilines is 1. The smallest absolute Gasteiger partial charge is 0.261 e. The van der Waals surface area contributed by atoms with Crippen molar-refractivity contribution in [3.8, 4) is 0 Å². The van der Waals surface area contributed by atoms with Crippen LogP contribution >= 0.6 is 0 Å². The number of amides is 1. The van der Waals surface area contributed by atoms with Gasteiger partial charge in [0.15, 0.2) is 0 Å². The van der Waals surface area contributed by atoms with Gasteiger partial charge in [-0.2, -0.15) is 0 Å². The van der Waals surface area contributed by atoms with Crippen LogP contribution in [0.2, 0.25) is 0 Å². The number of hydrogen-bond donors (Lipinski definition) is 2. The Labute approximate surface area is 149 Å². The molecule has 0 saturated carbocycles. The molecule has 0 bridgehead atoms. The van der Waals surface area contributed by atoms with Gasteiger partial charge in [0.2, 0.25) is 0 Å². The zero-order valence-corrected chi connectivity index (χ0v) is 15.4. The number of sulfonamides is 1. The summed E-state index contributed by atoms with van der Waals surface area (Å²) in [6, 6.07) is 13.4. The Hall–Kier alpha value is -2.34. The fraction of sp³-hybridized carbons (Fsp3) is 0.316. The van der Waals surface area contributed by atoms with Crippen molar-refractivity contribution in [2.45, 2.75) is 38.0 Å². The van der Waals surface area contributed by atoms with E-state index in [2.05, 4.69) is 17.0 Å². The third-order valence-electron chi connectivity index (χ3n) is 3.77. The van der Waals surface area contributed by atoms with Gasteiger partial charge in [0.05, 0.1) is 4.90 Å². The summed E-state index contributed by atoms with van der Waals surface area (Å²) in [6.45, 7) is 4.43. The third kappa shape index (κ3) is 5.32. The summed E-state index contributed by atoms with van der Waals surface area (Å²) in [5, 5.41) is 2.66. The van der Waals surface area contributed by atoms with Gasteiger partial charge in [-0.15, -0.1) is 0 Å². The molecule has 2 aromatic carbocycles. The topological polar surface area (TPSA) is 75.3 Å². The molecule has 0 aliphatic heterocycles. The van der Waals surface area contributed by atoms with Gasteiger partial charge in [0, 0.05) is 17.8 Å². The van der Waals surface area contributed by atoms with Crippen LogP contribution in [-0.4, -0.2) is 20.9 Å². The SMILES string of the molecule is CCCCc1ccc(NS(=O)(=O)c2cccc(C(=O)NCC)c2)cc1. The molecular weight excluding hydrogens is 336 g/mol. The molecule has 0 aliphatic carbocycles. The first-order valence-electron chi connectivity index (χ1n) is 8.46. The molecule has 0 atom stereocenters. The van der Waals surface area contributed by atoms with Crippen molar-refractivity contribution in [1.82, 2.24) is 5.32 Å². The van der Waals surface area contributed by atoms with E-state index in [-0.39, 0.29) is 10.8 Å². The predicted octanol–water partition coefficient (Wildman–Crippen LogP) is 3.58.